The van der Waals surface area contributed by atoms with Crippen molar-refractivity contribution in [3.05, 3.63) is 24.3 Å². The van der Waals surface area contributed by atoms with Crippen LogP contribution in [0.3, 0.4) is 0 Å². The lowest BCUT2D eigenvalue weighted by Gasteiger charge is -2.23. The normalized spacial score (nSPS) is 28.1. The number of rotatable bonds is 12. The van der Waals surface area contributed by atoms with Crippen molar-refractivity contribution in [1.82, 2.24) is 0 Å². The SMILES string of the molecule is CCCCC[C@@](C)(O)/C=C/[C@H]1[C@H](C/C=C\CCCC(=O)OC)[C@H](O)C[C@@H]1O. The Hall–Kier alpha value is -1.17. The van der Waals surface area contributed by atoms with Crippen molar-refractivity contribution in [2.75, 3.05) is 7.11 Å². The standard InChI is InChI=1S/C22H38O5/c1-4-5-10-14-22(2,26)15-13-18-17(19(23)16-20(18)24)11-8-6-7-9-12-21(25)27-3/h6,8,13,15,17-20,23-24,26H,4-5,7,9-12,14,16H2,1-3H3/b8-6-,15-13+/t17-,18-,19+,20-,22+/m0/s1. The van der Waals surface area contributed by atoms with Gasteiger partial charge >= 0.3 is 5.97 Å². The molecular formula is C22H38O5. The van der Waals surface area contributed by atoms with E-state index in [-0.39, 0.29) is 17.8 Å². The van der Waals surface area contributed by atoms with Crippen LogP contribution >= 0.6 is 0 Å². The van der Waals surface area contributed by atoms with Gasteiger partial charge in [-0.15, -0.1) is 0 Å². The lowest BCUT2D eigenvalue weighted by Crippen LogP contribution is -2.24. The monoisotopic (exact) mass is 382 g/mol. The molecule has 0 amide bonds. The van der Waals surface area contributed by atoms with Gasteiger partial charge in [-0.05, 0) is 38.5 Å². The molecule has 0 radical (unpaired) electrons. The maximum atomic E-state index is 11.1. The Labute approximate surface area is 164 Å². The van der Waals surface area contributed by atoms with E-state index in [1.807, 2.05) is 18.2 Å². The topological polar surface area (TPSA) is 87.0 Å². The summed E-state index contributed by atoms with van der Waals surface area (Å²) >= 11 is 0. The van der Waals surface area contributed by atoms with Gasteiger partial charge in [0.2, 0.25) is 0 Å². The first-order valence-corrected chi connectivity index (χ1v) is 10.3. The van der Waals surface area contributed by atoms with Crippen LogP contribution in [0.4, 0.5) is 0 Å². The molecule has 0 unspecified atom stereocenters. The Morgan fingerprint density at radius 1 is 1.19 bits per heavy atom. The molecule has 0 bridgehead atoms. The van der Waals surface area contributed by atoms with Gasteiger partial charge in [-0.1, -0.05) is 50.5 Å². The smallest absolute Gasteiger partial charge is 0.305 e. The maximum Gasteiger partial charge on any atom is 0.305 e. The highest BCUT2D eigenvalue weighted by molar-refractivity contribution is 5.69. The molecule has 0 aromatic carbocycles. The van der Waals surface area contributed by atoms with Gasteiger partial charge in [-0.3, -0.25) is 4.79 Å². The molecule has 1 saturated carbocycles. The minimum atomic E-state index is -0.878. The predicted molar refractivity (Wildman–Crippen MR) is 107 cm³/mol. The number of allylic oxidation sites excluding steroid dienone is 2. The Morgan fingerprint density at radius 2 is 1.93 bits per heavy atom. The van der Waals surface area contributed by atoms with Gasteiger partial charge < -0.3 is 20.1 Å². The molecule has 0 aliphatic heterocycles. The van der Waals surface area contributed by atoms with Crippen molar-refractivity contribution in [2.24, 2.45) is 11.8 Å². The molecule has 5 atom stereocenters. The van der Waals surface area contributed by atoms with Gasteiger partial charge in [-0.2, -0.15) is 0 Å². The molecule has 5 nitrogen and oxygen atoms in total. The summed E-state index contributed by atoms with van der Waals surface area (Å²) in [6, 6.07) is 0. The lowest BCUT2D eigenvalue weighted by molar-refractivity contribution is -0.140. The highest BCUT2D eigenvalue weighted by atomic mass is 16.5. The third-order valence-electron chi connectivity index (χ3n) is 5.43. The van der Waals surface area contributed by atoms with Gasteiger partial charge in [0, 0.05) is 18.8 Å². The van der Waals surface area contributed by atoms with E-state index in [2.05, 4.69) is 11.7 Å². The number of carbonyl (C=O) groups excluding carboxylic acids is 1. The minimum Gasteiger partial charge on any atom is -0.469 e. The van der Waals surface area contributed by atoms with Gasteiger partial charge in [0.15, 0.2) is 0 Å². The maximum absolute atomic E-state index is 11.1. The molecule has 0 heterocycles. The second-order valence-corrected chi connectivity index (χ2v) is 7.96. The van der Waals surface area contributed by atoms with Gasteiger partial charge in [0.05, 0.1) is 24.9 Å². The first-order chi connectivity index (χ1) is 12.8. The van der Waals surface area contributed by atoms with Crippen molar-refractivity contribution in [3.8, 4) is 0 Å². The van der Waals surface area contributed by atoms with Crippen molar-refractivity contribution >= 4 is 5.97 Å². The number of aliphatic hydroxyl groups excluding tert-OH is 2. The van der Waals surface area contributed by atoms with Crippen LogP contribution in [0.25, 0.3) is 0 Å². The number of hydrogen-bond donors (Lipinski definition) is 3. The van der Waals surface area contributed by atoms with Crippen molar-refractivity contribution in [3.63, 3.8) is 0 Å². The third-order valence-corrected chi connectivity index (χ3v) is 5.43. The minimum absolute atomic E-state index is 0.0560. The van der Waals surface area contributed by atoms with E-state index < -0.39 is 17.8 Å². The molecule has 156 valence electrons. The van der Waals surface area contributed by atoms with Gasteiger partial charge in [-0.25, -0.2) is 0 Å². The second kappa shape index (κ2) is 12.3. The fourth-order valence-corrected chi connectivity index (χ4v) is 3.68. The number of hydrogen-bond acceptors (Lipinski definition) is 5. The summed E-state index contributed by atoms with van der Waals surface area (Å²) in [6.07, 6.45) is 13.4. The largest absolute Gasteiger partial charge is 0.469 e. The van der Waals surface area contributed by atoms with E-state index in [0.29, 0.717) is 25.7 Å². The second-order valence-electron chi connectivity index (χ2n) is 7.96. The van der Waals surface area contributed by atoms with Crippen LogP contribution in [0.1, 0.15) is 71.6 Å². The average Bonchev–Trinajstić information content (AvgIpc) is 2.89. The molecule has 0 saturated heterocycles. The molecule has 27 heavy (non-hydrogen) atoms. The van der Waals surface area contributed by atoms with Gasteiger partial charge in [0.1, 0.15) is 0 Å². The summed E-state index contributed by atoms with van der Waals surface area (Å²) in [7, 11) is 1.39. The van der Waals surface area contributed by atoms with Crippen molar-refractivity contribution in [1.29, 1.82) is 0 Å². The molecule has 1 rings (SSSR count). The van der Waals surface area contributed by atoms with E-state index in [1.54, 1.807) is 13.0 Å². The lowest BCUT2D eigenvalue weighted by atomic mass is 9.88. The Balaban J connectivity index is 2.54. The van der Waals surface area contributed by atoms with Gasteiger partial charge in [0.25, 0.3) is 0 Å². The number of carbonyl (C=O) groups is 1. The molecule has 0 aromatic rings. The third kappa shape index (κ3) is 9.04. The molecule has 1 fully saturated rings. The summed E-state index contributed by atoms with van der Waals surface area (Å²) in [5.41, 5.74) is -0.878. The first kappa shape index (κ1) is 23.9. The molecule has 0 spiro atoms. The fourth-order valence-electron chi connectivity index (χ4n) is 3.68. The number of unbranched alkanes of at least 4 members (excludes halogenated alkanes) is 3. The number of methoxy groups -OCH3 is 1. The van der Waals surface area contributed by atoms with Crippen LogP contribution in [0.2, 0.25) is 0 Å². The van der Waals surface area contributed by atoms with Crippen LogP contribution in [0.15, 0.2) is 24.3 Å². The van der Waals surface area contributed by atoms with Crippen molar-refractivity contribution in [2.45, 2.75) is 89.4 Å². The fraction of sp³-hybridized carbons (Fsp3) is 0.773. The van der Waals surface area contributed by atoms with Crippen LogP contribution < -0.4 is 0 Å². The summed E-state index contributed by atoms with van der Waals surface area (Å²) < 4.78 is 4.61. The Bertz CT molecular complexity index is 483. The highest BCUT2D eigenvalue weighted by Crippen LogP contribution is 2.37. The van der Waals surface area contributed by atoms with Crippen LogP contribution in [0.5, 0.6) is 0 Å². The van der Waals surface area contributed by atoms with E-state index in [9.17, 15) is 20.1 Å². The number of aliphatic hydroxyl groups is 3. The van der Waals surface area contributed by atoms with E-state index in [4.69, 9.17) is 0 Å². The molecule has 3 N–H and O–H groups in total. The van der Waals surface area contributed by atoms with E-state index in [1.165, 1.54) is 7.11 Å². The number of ether oxygens (including phenoxy) is 1. The van der Waals surface area contributed by atoms with Crippen LogP contribution in [-0.4, -0.2) is 46.2 Å². The number of esters is 1. The summed E-state index contributed by atoms with van der Waals surface area (Å²) in [5, 5.41) is 31.1. The van der Waals surface area contributed by atoms with Crippen LogP contribution in [-0.2, 0) is 9.53 Å². The summed E-state index contributed by atoms with van der Waals surface area (Å²) in [5.74, 6) is -0.411. The predicted octanol–water partition coefficient (Wildman–Crippen LogP) is 3.52. The van der Waals surface area contributed by atoms with E-state index in [0.717, 1.165) is 32.1 Å². The average molecular weight is 383 g/mol. The zero-order valence-electron chi connectivity index (χ0n) is 17.1. The molecule has 1 aliphatic carbocycles. The van der Waals surface area contributed by atoms with Crippen molar-refractivity contribution < 1.29 is 24.9 Å². The van der Waals surface area contributed by atoms with E-state index >= 15 is 0 Å². The zero-order valence-corrected chi connectivity index (χ0v) is 17.1. The molecule has 1 aliphatic rings. The van der Waals surface area contributed by atoms with Crippen LogP contribution in [0, 0.1) is 11.8 Å². The molecular weight excluding hydrogens is 344 g/mol. The first-order valence-electron chi connectivity index (χ1n) is 10.3. The highest BCUT2D eigenvalue weighted by Gasteiger charge is 2.39. The summed E-state index contributed by atoms with van der Waals surface area (Å²) in [4.78, 5) is 11.1. The summed E-state index contributed by atoms with van der Waals surface area (Å²) in [6.45, 7) is 3.93. The Morgan fingerprint density at radius 3 is 2.59 bits per heavy atom. The zero-order chi connectivity index (χ0) is 20.3. The Kier molecular flexibility index (Phi) is 10.9. The molecule has 5 heteroatoms. The molecule has 0 aromatic heterocycles. The quantitative estimate of drug-likeness (QED) is 0.273.